The van der Waals surface area contributed by atoms with Gasteiger partial charge in [0.1, 0.15) is 0 Å². The number of aromatic nitrogens is 1. The van der Waals surface area contributed by atoms with Crippen LogP contribution >= 0.6 is 0 Å². The number of hydrogen-bond donors (Lipinski definition) is 2. The molecule has 0 saturated carbocycles. The molecule has 7 heteroatoms. The average Bonchev–Trinajstić information content (AvgIpc) is 2.89. The molecule has 0 spiro atoms. The molecule has 26 heavy (non-hydrogen) atoms. The molecule has 0 radical (unpaired) electrons. The van der Waals surface area contributed by atoms with Crippen molar-refractivity contribution in [2.45, 2.75) is 27.3 Å². The number of amides is 3. The van der Waals surface area contributed by atoms with Crippen LogP contribution in [0.3, 0.4) is 0 Å². The van der Waals surface area contributed by atoms with Crippen molar-refractivity contribution < 1.29 is 19.1 Å². The first-order chi connectivity index (χ1) is 12.4. The molecule has 0 bridgehead atoms. The lowest BCUT2D eigenvalue weighted by atomic mass is 10.2. The molecule has 1 aromatic carbocycles. The first-order valence-corrected chi connectivity index (χ1v) is 8.37. The van der Waals surface area contributed by atoms with Crippen LogP contribution in [0, 0.1) is 13.8 Å². The van der Waals surface area contributed by atoms with Crippen LogP contribution in [0.5, 0.6) is 0 Å². The van der Waals surface area contributed by atoms with Gasteiger partial charge in [0.2, 0.25) is 0 Å². The lowest BCUT2D eigenvalue weighted by Gasteiger charge is -2.10. The van der Waals surface area contributed by atoms with E-state index in [-0.39, 0.29) is 0 Å². The number of imide groups is 1. The minimum atomic E-state index is -0.678. The maximum atomic E-state index is 12.3. The number of urea groups is 1. The molecule has 1 aromatic heterocycles. The number of hydrogen-bond acceptors (Lipinski definition) is 4. The third kappa shape index (κ3) is 4.95. The first-order valence-electron chi connectivity index (χ1n) is 8.37. The zero-order chi connectivity index (χ0) is 19.1. The minimum Gasteiger partial charge on any atom is -0.452 e. The maximum Gasteiger partial charge on any atom is 0.340 e. The molecule has 138 valence electrons. The van der Waals surface area contributed by atoms with E-state index in [1.807, 2.05) is 48.7 Å². The Labute approximate surface area is 152 Å². The highest BCUT2D eigenvalue weighted by Gasteiger charge is 2.18. The van der Waals surface area contributed by atoms with Gasteiger partial charge >= 0.3 is 12.0 Å². The van der Waals surface area contributed by atoms with Gasteiger partial charge in [-0.1, -0.05) is 30.3 Å². The van der Waals surface area contributed by atoms with Gasteiger partial charge in [-0.3, -0.25) is 10.1 Å². The highest BCUT2D eigenvalue weighted by Crippen LogP contribution is 2.18. The van der Waals surface area contributed by atoms with Crippen molar-refractivity contribution in [3.8, 4) is 0 Å². The molecule has 0 aliphatic heterocycles. The second kappa shape index (κ2) is 8.84. The standard InChI is InChI=1S/C19H23N3O4/c1-4-20-19(25)21-17(23)12-26-18(24)16-10-13(2)22(14(16)3)11-15-8-6-5-7-9-15/h5-10H,4,11-12H2,1-3H3,(H2,20,21,23,25). The lowest BCUT2D eigenvalue weighted by molar-refractivity contribution is -0.123. The Kier molecular flexibility index (Phi) is 6.54. The summed E-state index contributed by atoms with van der Waals surface area (Å²) in [7, 11) is 0. The summed E-state index contributed by atoms with van der Waals surface area (Å²) in [5.41, 5.74) is 3.21. The lowest BCUT2D eigenvalue weighted by Crippen LogP contribution is -2.41. The van der Waals surface area contributed by atoms with Crippen LogP contribution in [0.1, 0.15) is 34.2 Å². The van der Waals surface area contributed by atoms with Crippen molar-refractivity contribution in [1.29, 1.82) is 0 Å². The molecular weight excluding hydrogens is 334 g/mol. The van der Waals surface area contributed by atoms with Gasteiger partial charge in [0.25, 0.3) is 5.91 Å². The van der Waals surface area contributed by atoms with Crippen molar-refractivity contribution >= 4 is 17.9 Å². The van der Waals surface area contributed by atoms with Gasteiger partial charge in [-0.2, -0.15) is 0 Å². The van der Waals surface area contributed by atoms with Crippen LogP contribution in [0.25, 0.3) is 0 Å². The van der Waals surface area contributed by atoms with Crippen molar-refractivity contribution in [2.24, 2.45) is 0 Å². The minimum absolute atomic E-state index is 0.395. The molecule has 2 aromatic rings. The van der Waals surface area contributed by atoms with Gasteiger partial charge in [0, 0.05) is 24.5 Å². The highest BCUT2D eigenvalue weighted by atomic mass is 16.5. The van der Waals surface area contributed by atoms with Crippen LogP contribution < -0.4 is 10.6 Å². The van der Waals surface area contributed by atoms with Crippen molar-refractivity contribution in [3.63, 3.8) is 0 Å². The Morgan fingerprint density at radius 1 is 1.12 bits per heavy atom. The van der Waals surface area contributed by atoms with Gasteiger partial charge in [-0.15, -0.1) is 0 Å². The molecule has 0 atom stereocenters. The largest absolute Gasteiger partial charge is 0.452 e. The SMILES string of the molecule is CCNC(=O)NC(=O)COC(=O)c1cc(C)n(Cc2ccccc2)c1C. The molecule has 0 aliphatic carbocycles. The molecule has 1 heterocycles. The average molecular weight is 357 g/mol. The molecule has 0 unspecified atom stereocenters. The quantitative estimate of drug-likeness (QED) is 0.775. The molecule has 2 rings (SSSR count). The smallest absolute Gasteiger partial charge is 0.340 e. The van der Waals surface area contributed by atoms with Gasteiger partial charge in [-0.25, -0.2) is 9.59 Å². The van der Waals surface area contributed by atoms with E-state index in [1.165, 1.54) is 0 Å². The first kappa shape index (κ1) is 19.2. The molecule has 2 N–H and O–H groups in total. The maximum absolute atomic E-state index is 12.3. The molecule has 3 amide bonds. The fourth-order valence-electron chi connectivity index (χ4n) is 2.59. The number of benzene rings is 1. The van der Waals surface area contributed by atoms with Gasteiger partial charge < -0.3 is 14.6 Å². The third-order valence-corrected chi connectivity index (χ3v) is 3.90. The van der Waals surface area contributed by atoms with Gasteiger partial charge in [-0.05, 0) is 32.4 Å². The van der Waals surface area contributed by atoms with Crippen molar-refractivity contribution in [3.05, 3.63) is 58.9 Å². The summed E-state index contributed by atoms with van der Waals surface area (Å²) in [6.45, 7) is 6.00. The van der Waals surface area contributed by atoms with Crippen LogP contribution in [-0.2, 0) is 16.1 Å². The predicted molar refractivity (Wildman–Crippen MR) is 96.9 cm³/mol. The van der Waals surface area contributed by atoms with Crippen molar-refractivity contribution in [2.75, 3.05) is 13.2 Å². The molecule has 7 nitrogen and oxygen atoms in total. The zero-order valence-electron chi connectivity index (χ0n) is 15.2. The normalized spacial score (nSPS) is 10.3. The van der Waals surface area contributed by atoms with Crippen LogP contribution in [0.2, 0.25) is 0 Å². The summed E-state index contributed by atoms with van der Waals surface area (Å²) in [6.07, 6.45) is 0. The number of nitrogens with zero attached hydrogens (tertiary/aromatic N) is 1. The summed E-state index contributed by atoms with van der Waals surface area (Å²) in [4.78, 5) is 35.1. The number of carbonyl (C=O) groups is 3. The number of esters is 1. The number of nitrogens with one attached hydrogen (secondary N) is 2. The summed E-state index contributed by atoms with van der Waals surface area (Å²) < 4.78 is 7.04. The van der Waals surface area contributed by atoms with E-state index < -0.39 is 24.5 Å². The second-order valence-electron chi connectivity index (χ2n) is 5.84. The summed E-state index contributed by atoms with van der Waals surface area (Å²) >= 11 is 0. The third-order valence-electron chi connectivity index (χ3n) is 3.90. The Bertz CT molecular complexity index is 797. The number of carbonyl (C=O) groups excluding carboxylic acids is 3. The Morgan fingerprint density at radius 2 is 1.81 bits per heavy atom. The van der Waals surface area contributed by atoms with Crippen molar-refractivity contribution in [1.82, 2.24) is 15.2 Å². The van der Waals surface area contributed by atoms with E-state index in [9.17, 15) is 14.4 Å². The van der Waals surface area contributed by atoms with Crippen LogP contribution in [-0.4, -0.2) is 35.6 Å². The van der Waals surface area contributed by atoms with Crippen LogP contribution in [0.15, 0.2) is 36.4 Å². The zero-order valence-corrected chi connectivity index (χ0v) is 15.2. The van der Waals surface area contributed by atoms with Gasteiger partial charge in [0.05, 0.1) is 5.56 Å². The Balaban J connectivity index is 2.00. The summed E-state index contributed by atoms with van der Waals surface area (Å²) in [6, 6.07) is 11.0. The topological polar surface area (TPSA) is 89.4 Å². The molecular formula is C19H23N3O4. The Hall–Kier alpha value is -3.09. The van der Waals surface area contributed by atoms with E-state index in [2.05, 4.69) is 10.6 Å². The molecule has 0 saturated heterocycles. The number of rotatable bonds is 6. The highest BCUT2D eigenvalue weighted by molar-refractivity contribution is 5.97. The van der Waals surface area contributed by atoms with Gasteiger partial charge in [0.15, 0.2) is 6.61 Å². The summed E-state index contributed by atoms with van der Waals surface area (Å²) in [5.74, 6) is -1.27. The number of ether oxygens (including phenoxy) is 1. The number of aryl methyl sites for hydroxylation is 1. The summed E-state index contributed by atoms with van der Waals surface area (Å²) in [5, 5.41) is 4.50. The monoisotopic (exact) mass is 357 g/mol. The van der Waals surface area contributed by atoms with E-state index in [4.69, 9.17) is 4.74 Å². The second-order valence-corrected chi connectivity index (χ2v) is 5.84. The van der Waals surface area contributed by atoms with Crippen LogP contribution in [0.4, 0.5) is 4.79 Å². The molecule has 0 aliphatic rings. The van der Waals surface area contributed by atoms with E-state index >= 15 is 0 Å². The van der Waals surface area contributed by atoms with E-state index in [1.54, 1.807) is 13.0 Å². The fourth-order valence-corrected chi connectivity index (χ4v) is 2.59. The van der Waals surface area contributed by atoms with E-state index in [0.29, 0.717) is 18.7 Å². The Morgan fingerprint density at radius 3 is 2.46 bits per heavy atom. The molecule has 0 fully saturated rings. The van der Waals surface area contributed by atoms with E-state index in [0.717, 1.165) is 17.0 Å². The predicted octanol–water partition coefficient (Wildman–Crippen LogP) is 2.16. The fraction of sp³-hybridized carbons (Fsp3) is 0.316.